The molecule has 2 aliphatic heterocycles. The number of hydrogen-bond donors (Lipinski definition) is 1. The quantitative estimate of drug-likeness (QED) is 0.419. The Morgan fingerprint density at radius 1 is 0.972 bits per heavy atom. The Hall–Kier alpha value is -3.75. The van der Waals surface area contributed by atoms with Crippen molar-refractivity contribution in [1.82, 2.24) is 29.9 Å². The van der Waals surface area contributed by atoms with Gasteiger partial charge >= 0.3 is 0 Å². The molecular formula is C27H33N9. The number of fused-ring (bicyclic) bond motifs is 1. The molecule has 0 unspecified atom stereocenters. The largest absolute Gasteiger partial charge is 0.367 e. The minimum absolute atomic E-state index is 0.357. The van der Waals surface area contributed by atoms with E-state index in [1.54, 1.807) is 6.20 Å². The van der Waals surface area contributed by atoms with Crippen molar-refractivity contribution in [3.05, 3.63) is 54.6 Å². The van der Waals surface area contributed by atoms with Gasteiger partial charge in [0, 0.05) is 55.8 Å². The van der Waals surface area contributed by atoms with Crippen LogP contribution in [-0.2, 0) is 0 Å². The molecule has 186 valence electrons. The van der Waals surface area contributed by atoms with Gasteiger partial charge in [-0.2, -0.15) is 4.98 Å². The Kier molecular flexibility index (Phi) is 5.91. The average molecular weight is 484 g/mol. The number of benzene rings is 1. The van der Waals surface area contributed by atoms with Gasteiger partial charge in [-0.1, -0.05) is 32.1 Å². The third kappa shape index (κ3) is 4.34. The van der Waals surface area contributed by atoms with Gasteiger partial charge in [-0.25, -0.2) is 14.6 Å². The molecule has 0 amide bonds. The Morgan fingerprint density at radius 2 is 1.86 bits per heavy atom. The van der Waals surface area contributed by atoms with Crippen molar-refractivity contribution in [3.63, 3.8) is 0 Å². The van der Waals surface area contributed by atoms with Gasteiger partial charge in [0.05, 0.1) is 12.2 Å². The number of hydrogen-bond acceptors (Lipinski definition) is 8. The molecule has 0 aliphatic carbocycles. The lowest BCUT2D eigenvalue weighted by Gasteiger charge is -2.41. The first-order valence-electron chi connectivity index (χ1n) is 12.9. The first-order valence-corrected chi connectivity index (χ1v) is 12.9. The monoisotopic (exact) mass is 483 g/mol. The van der Waals surface area contributed by atoms with Gasteiger partial charge in [0.1, 0.15) is 11.6 Å². The lowest BCUT2D eigenvalue weighted by molar-refractivity contribution is 0.361. The van der Waals surface area contributed by atoms with Crippen LogP contribution in [0.1, 0.15) is 51.1 Å². The van der Waals surface area contributed by atoms with Crippen LogP contribution in [-0.4, -0.2) is 56.1 Å². The number of anilines is 4. The van der Waals surface area contributed by atoms with Gasteiger partial charge < -0.3 is 15.1 Å². The molecule has 0 radical (unpaired) electrons. The van der Waals surface area contributed by atoms with E-state index >= 15 is 0 Å². The molecule has 0 bridgehead atoms. The molecule has 2 saturated heterocycles. The smallest absolute Gasteiger partial charge is 0.227 e. The van der Waals surface area contributed by atoms with E-state index in [-0.39, 0.29) is 0 Å². The summed E-state index contributed by atoms with van der Waals surface area (Å²) in [4.78, 5) is 18.8. The number of nitrogens with zero attached hydrogens (tertiary/aromatic N) is 8. The highest BCUT2D eigenvalue weighted by atomic mass is 15.5. The zero-order chi connectivity index (χ0) is 24.6. The maximum atomic E-state index is 4.81. The number of rotatable bonds is 6. The summed E-state index contributed by atoms with van der Waals surface area (Å²) in [6.45, 7) is 10.6. The van der Waals surface area contributed by atoms with Gasteiger partial charge in [-0.3, -0.25) is 0 Å². The van der Waals surface area contributed by atoms with E-state index < -0.39 is 0 Å². The zero-order valence-corrected chi connectivity index (χ0v) is 21.2. The topological polar surface area (TPSA) is 87.9 Å². The molecule has 0 saturated carbocycles. The lowest BCUT2D eigenvalue weighted by Crippen LogP contribution is -2.48. The van der Waals surface area contributed by atoms with Crippen molar-refractivity contribution < 1.29 is 0 Å². The summed E-state index contributed by atoms with van der Waals surface area (Å²) in [5.74, 6) is 3.43. The summed E-state index contributed by atoms with van der Waals surface area (Å²) < 4.78 is 1.95. The third-order valence-corrected chi connectivity index (χ3v) is 7.39. The zero-order valence-electron chi connectivity index (χ0n) is 21.2. The number of pyridine rings is 1. The summed E-state index contributed by atoms with van der Waals surface area (Å²) in [5.41, 5.74) is 2.53. The molecule has 6 rings (SSSR count). The third-order valence-electron chi connectivity index (χ3n) is 7.39. The fraction of sp³-hybridized carbons (Fsp3) is 0.444. The summed E-state index contributed by atoms with van der Waals surface area (Å²) in [6.07, 6.45) is 9.96. The Labute approximate surface area is 211 Å². The summed E-state index contributed by atoms with van der Waals surface area (Å²) in [7, 11) is 0. The van der Waals surface area contributed by atoms with E-state index in [0.29, 0.717) is 17.9 Å². The highest BCUT2D eigenvalue weighted by molar-refractivity contribution is 5.98. The Morgan fingerprint density at radius 3 is 2.64 bits per heavy atom. The fourth-order valence-electron chi connectivity index (χ4n) is 5.40. The number of nitrogens with one attached hydrogen (secondary N) is 1. The SMILES string of the molecule is CC(C)c1ccc(N2CC(n3ccnn3)C2)c2cnc(Nc3ccnc(N4CCC[C@H](C)C4)n3)cc12. The predicted molar refractivity (Wildman–Crippen MR) is 143 cm³/mol. The molecule has 3 aromatic heterocycles. The van der Waals surface area contributed by atoms with Crippen molar-refractivity contribution in [2.24, 2.45) is 5.92 Å². The summed E-state index contributed by atoms with van der Waals surface area (Å²) in [6, 6.07) is 8.92. The average Bonchev–Trinajstić information content (AvgIpc) is 3.37. The van der Waals surface area contributed by atoms with Crippen molar-refractivity contribution in [1.29, 1.82) is 0 Å². The van der Waals surface area contributed by atoms with E-state index in [1.165, 1.54) is 34.9 Å². The van der Waals surface area contributed by atoms with Crippen LogP contribution >= 0.6 is 0 Å². The lowest BCUT2D eigenvalue weighted by atomic mass is 9.94. The molecule has 9 nitrogen and oxygen atoms in total. The molecule has 1 N–H and O–H groups in total. The van der Waals surface area contributed by atoms with Crippen molar-refractivity contribution in [2.75, 3.05) is 41.3 Å². The van der Waals surface area contributed by atoms with Crippen LogP contribution in [0.15, 0.2) is 49.1 Å². The summed E-state index contributed by atoms with van der Waals surface area (Å²) >= 11 is 0. The first kappa shape index (κ1) is 22.7. The van der Waals surface area contributed by atoms with Gasteiger partial charge in [-0.05, 0) is 53.8 Å². The van der Waals surface area contributed by atoms with Crippen LogP contribution in [0, 0.1) is 5.92 Å². The molecule has 1 aromatic carbocycles. The molecule has 1 atom stereocenters. The van der Waals surface area contributed by atoms with Gasteiger partial charge in [-0.15, -0.1) is 5.10 Å². The minimum atomic E-state index is 0.357. The maximum Gasteiger partial charge on any atom is 0.227 e. The van der Waals surface area contributed by atoms with Crippen LogP contribution in [0.4, 0.5) is 23.3 Å². The van der Waals surface area contributed by atoms with E-state index in [4.69, 9.17) is 9.97 Å². The first-order chi connectivity index (χ1) is 17.5. The van der Waals surface area contributed by atoms with Gasteiger partial charge in [0.15, 0.2) is 0 Å². The molecule has 0 spiro atoms. The molecule has 9 heteroatoms. The second kappa shape index (κ2) is 9.37. The highest BCUT2D eigenvalue weighted by Gasteiger charge is 2.30. The van der Waals surface area contributed by atoms with E-state index in [1.807, 2.05) is 29.3 Å². The van der Waals surface area contributed by atoms with Crippen molar-refractivity contribution >= 4 is 34.0 Å². The maximum absolute atomic E-state index is 4.81. The molecule has 36 heavy (non-hydrogen) atoms. The Balaban J connectivity index is 1.27. The van der Waals surface area contributed by atoms with Gasteiger partial charge in [0.25, 0.3) is 0 Å². The van der Waals surface area contributed by atoms with Crippen LogP contribution in [0.5, 0.6) is 0 Å². The van der Waals surface area contributed by atoms with E-state index in [0.717, 1.165) is 43.8 Å². The molecule has 4 aromatic rings. The molecule has 5 heterocycles. The van der Waals surface area contributed by atoms with Crippen LogP contribution < -0.4 is 15.1 Å². The second-order valence-electron chi connectivity index (χ2n) is 10.4. The van der Waals surface area contributed by atoms with Crippen LogP contribution in [0.2, 0.25) is 0 Å². The molecular weight excluding hydrogens is 450 g/mol. The fourth-order valence-corrected chi connectivity index (χ4v) is 5.40. The summed E-state index contributed by atoms with van der Waals surface area (Å²) in [5, 5.41) is 13.9. The van der Waals surface area contributed by atoms with Crippen LogP contribution in [0.25, 0.3) is 10.8 Å². The number of aromatic nitrogens is 6. The van der Waals surface area contributed by atoms with E-state index in [9.17, 15) is 0 Å². The van der Waals surface area contributed by atoms with Crippen LogP contribution in [0.3, 0.4) is 0 Å². The second-order valence-corrected chi connectivity index (χ2v) is 10.4. The highest BCUT2D eigenvalue weighted by Crippen LogP contribution is 2.37. The van der Waals surface area contributed by atoms with E-state index in [2.05, 4.69) is 69.4 Å². The van der Waals surface area contributed by atoms with Gasteiger partial charge in [0.2, 0.25) is 5.95 Å². The van der Waals surface area contributed by atoms with Crippen molar-refractivity contribution in [3.8, 4) is 0 Å². The minimum Gasteiger partial charge on any atom is -0.367 e. The molecule has 2 fully saturated rings. The normalized spacial score (nSPS) is 18.6. The molecule has 2 aliphatic rings. The number of piperidine rings is 1. The predicted octanol–water partition coefficient (Wildman–Crippen LogP) is 4.78. The standard InChI is InChI=1S/C27H33N9/c1-18(2)21-6-7-24(35-16-20(17-35)36-12-10-30-33-36)23-14-29-26(13-22(21)23)31-25-8-9-28-27(32-25)34-11-4-5-19(3)15-34/h6-10,12-14,18-20H,4-5,11,15-17H2,1-3H3,(H,28,29,31,32)/t19-/m0/s1. The van der Waals surface area contributed by atoms with Crippen molar-refractivity contribution in [2.45, 2.75) is 45.6 Å². The Bertz CT molecular complexity index is 1340.